The fraction of sp³-hybridized carbons (Fsp3) is 0. The molecule has 0 spiro atoms. The molecule has 0 saturated carbocycles. The van der Waals surface area contributed by atoms with Crippen LogP contribution in [-0.4, -0.2) is 102 Å². The third-order valence-electron chi connectivity index (χ3n) is 4.63. The largest absolute Gasteiger partial charge is 0.266 e. The van der Waals surface area contributed by atoms with Crippen molar-refractivity contribution >= 4 is 110 Å². The third-order valence-corrected chi connectivity index (χ3v) is 4.63. The predicted molar refractivity (Wildman–Crippen MR) is 161 cm³/mol. The van der Waals surface area contributed by atoms with Crippen molar-refractivity contribution in [3.05, 3.63) is 122 Å². The summed E-state index contributed by atoms with van der Waals surface area (Å²) in [5, 5.41) is 16.7. The van der Waals surface area contributed by atoms with Crippen LogP contribution in [-0.2, 0) is 30.7 Å². The zero-order chi connectivity index (χ0) is 30.1. The standard InChI is InChI=1S/C12H10N4.C12H9N4.5ClH.2K.2Pt/c2*1-4-11(15-8-2-6-13-15)10-12(5-1)16-9-3-7-14-16;;;;;;;;;/h1-10H;1-9H;5*1H;;;;/q;-1;;;;;;;;+2;+4/p-5. The predicted octanol–water partition coefficient (Wildman–Crippen LogP) is 6.60. The molecule has 0 aliphatic heterocycles. The number of halogens is 5. The van der Waals surface area contributed by atoms with E-state index >= 15 is 0 Å². The number of nitrogens with zero attached hydrogens (tertiary/aromatic N) is 8. The van der Waals surface area contributed by atoms with Gasteiger partial charge in [0.2, 0.25) is 0 Å². The van der Waals surface area contributed by atoms with E-state index < -0.39 is 11.9 Å². The maximum absolute atomic E-state index is 5.01. The summed E-state index contributed by atoms with van der Waals surface area (Å²) in [6, 6.07) is 24.8. The van der Waals surface area contributed by atoms with E-state index in [0.717, 1.165) is 22.7 Å². The maximum Gasteiger partial charge on any atom is 0.0667 e. The topological polar surface area (TPSA) is 71.3 Å². The van der Waals surface area contributed by atoms with Gasteiger partial charge in [-0.15, -0.1) is 18.2 Å². The molecular weight excluding hydrogens is 1050 g/mol. The van der Waals surface area contributed by atoms with Crippen LogP contribution in [0.5, 0.6) is 0 Å². The summed E-state index contributed by atoms with van der Waals surface area (Å²) in [5.41, 5.74) is 3.85. The molecule has 212 valence electrons. The summed E-state index contributed by atoms with van der Waals surface area (Å²) < 4.78 is 7.19. The van der Waals surface area contributed by atoms with Gasteiger partial charge in [-0.2, -0.15) is 26.5 Å². The van der Waals surface area contributed by atoms with Gasteiger partial charge in [0.05, 0.1) is 11.4 Å². The van der Waals surface area contributed by atoms with Gasteiger partial charge in [0.15, 0.2) is 0 Å². The molecule has 2 aromatic carbocycles. The summed E-state index contributed by atoms with van der Waals surface area (Å²) in [6.45, 7) is 0. The van der Waals surface area contributed by atoms with E-state index in [1.54, 1.807) is 52.9 Å². The van der Waals surface area contributed by atoms with E-state index in [9.17, 15) is 0 Å². The average molecular weight is 1070 g/mol. The Morgan fingerprint density at radius 1 is 0.561 bits per heavy atom. The first kappa shape index (κ1) is 38.6. The Morgan fingerprint density at radius 2 is 0.878 bits per heavy atom. The maximum atomic E-state index is 5.01. The number of aromatic nitrogens is 8. The van der Waals surface area contributed by atoms with Crippen molar-refractivity contribution in [2.45, 2.75) is 0 Å². The van der Waals surface area contributed by atoms with E-state index in [1.165, 1.54) is 63.2 Å². The molecule has 4 heterocycles. The van der Waals surface area contributed by atoms with Gasteiger partial charge in [-0.3, -0.25) is 9.36 Å². The van der Waals surface area contributed by atoms with Crippen molar-refractivity contribution in [2.75, 3.05) is 0 Å². The summed E-state index contributed by atoms with van der Waals surface area (Å²) in [5.74, 6) is 0. The zero-order valence-corrected chi connectivity index (χ0v) is 36.1. The summed E-state index contributed by atoms with van der Waals surface area (Å²) >= 11 is 1.06. The van der Waals surface area contributed by atoms with Crippen molar-refractivity contribution < 1.29 is 30.7 Å². The van der Waals surface area contributed by atoms with Crippen LogP contribution in [0.2, 0.25) is 0 Å². The fourth-order valence-corrected chi connectivity index (χ4v) is 3.16. The molecule has 0 amide bonds. The van der Waals surface area contributed by atoms with Gasteiger partial charge in [-0.05, 0) is 53.8 Å². The van der Waals surface area contributed by atoms with Crippen molar-refractivity contribution in [3.63, 3.8) is 0 Å². The van der Waals surface area contributed by atoms with Gasteiger partial charge < -0.3 is 0 Å². The Labute approximate surface area is 318 Å². The van der Waals surface area contributed by atoms with Gasteiger partial charge in [0.25, 0.3) is 0 Å². The quantitative estimate of drug-likeness (QED) is 0.148. The van der Waals surface area contributed by atoms with Crippen molar-refractivity contribution in [3.8, 4) is 22.7 Å². The second-order valence-electron chi connectivity index (χ2n) is 7.01. The molecule has 0 saturated heterocycles. The van der Waals surface area contributed by atoms with E-state index in [2.05, 4.69) is 35.9 Å². The van der Waals surface area contributed by atoms with Crippen molar-refractivity contribution in [1.82, 2.24) is 39.1 Å². The van der Waals surface area contributed by atoms with E-state index in [4.69, 9.17) is 37.7 Å². The monoisotopic (exact) mass is 1060 g/mol. The van der Waals surface area contributed by atoms with Crippen LogP contribution in [0, 0.1) is 6.07 Å². The van der Waals surface area contributed by atoms with Crippen LogP contribution in [0.25, 0.3) is 22.7 Å². The normalized spacial score (nSPS) is 10.4. The van der Waals surface area contributed by atoms with E-state index in [-0.39, 0.29) is 0 Å². The minimum Gasteiger partial charge on any atom is -0.266 e. The molecule has 0 fully saturated rings. The molecule has 8 nitrogen and oxygen atoms in total. The molecule has 6 rings (SSSR count). The summed E-state index contributed by atoms with van der Waals surface area (Å²) in [4.78, 5) is 0. The molecule has 0 unspecified atom stereocenters. The second kappa shape index (κ2) is 22.0. The Kier molecular flexibility index (Phi) is 20.7. The average Bonchev–Trinajstić information content (AvgIpc) is 3.83. The molecule has 0 radical (unpaired) electrons. The van der Waals surface area contributed by atoms with Crippen LogP contribution in [0.4, 0.5) is 0 Å². The van der Waals surface area contributed by atoms with Gasteiger partial charge in [0, 0.05) is 49.6 Å². The summed E-state index contributed by atoms with van der Waals surface area (Å²) in [6.07, 6.45) is 14.6. The van der Waals surface area contributed by atoms with E-state index in [1.807, 2.05) is 101 Å². The smallest absolute Gasteiger partial charge is 0.0667 e. The fourth-order valence-electron chi connectivity index (χ4n) is 3.16. The number of rotatable bonds is 4. The first-order chi connectivity index (χ1) is 19.9. The Hall–Kier alpha value is 1.38. The van der Waals surface area contributed by atoms with Crippen LogP contribution in [0.1, 0.15) is 0 Å². The number of hydrogen-bond donors (Lipinski definition) is 0. The van der Waals surface area contributed by atoms with Crippen LogP contribution in [0.15, 0.2) is 116 Å². The van der Waals surface area contributed by atoms with Crippen molar-refractivity contribution in [2.24, 2.45) is 0 Å². The molecular formula is C24H19Cl5K2N8Pt2. The van der Waals surface area contributed by atoms with Gasteiger partial charge in [0.1, 0.15) is 0 Å². The first-order valence-corrected chi connectivity index (χ1v) is 41.7. The van der Waals surface area contributed by atoms with E-state index in [0.29, 0.717) is 0 Å². The molecule has 41 heavy (non-hydrogen) atoms. The van der Waals surface area contributed by atoms with Crippen molar-refractivity contribution in [1.29, 1.82) is 0 Å². The van der Waals surface area contributed by atoms with Gasteiger partial charge >= 0.3 is 141 Å². The second-order valence-corrected chi connectivity index (χ2v) is 26.7. The number of hydrogen-bond acceptors (Lipinski definition) is 4. The molecule has 0 atom stereocenters. The molecule has 0 aliphatic carbocycles. The molecule has 0 N–H and O–H groups in total. The molecule has 6 aromatic rings. The SMILES string of the molecule is [Cl][Pt+].[Cl][Pt]([Cl])([Cl])[Cl].[K][K].[c-]1c(-n2cccn2)cccc1-n1cccn1.c1cc(-n2cccn2)cc(-n2cccn2)c1. The first-order valence-electron chi connectivity index (χ1n) is 11.6. The molecule has 0 aliphatic rings. The number of benzene rings is 2. The van der Waals surface area contributed by atoms with Crippen LogP contribution < -0.4 is 0 Å². The zero-order valence-electron chi connectivity index (χ0n) is 21.6. The molecule has 0 bridgehead atoms. The molecule has 4 aromatic heterocycles. The Bertz CT molecular complexity index is 1270. The minimum atomic E-state index is -3.06. The minimum absolute atomic E-state index is 0.901. The molecule has 17 heteroatoms. The van der Waals surface area contributed by atoms with Gasteiger partial charge in [-0.1, -0.05) is 6.07 Å². The third kappa shape index (κ3) is 15.0. The van der Waals surface area contributed by atoms with Gasteiger partial charge in [-0.25, -0.2) is 9.36 Å². The Balaban J connectivity index is 0.000000224. The Morgan fingerprint density at radius 3 is 1.20 bits per heavy atom. The van der Waals surface area contributed by atoms with Crippen LogP contribution >= 0.6 is 47.1 Å². The summed E-state index contributed by atoms with van der Waals surface area (Å²) in [7, 11) is 24.6. The van der Waals surface area contributed by atoms with Crippen LogP contribution in [0.3, 0.4) is 0 Å².